The highest BCUT2D eigenvalue weighted by molar-refractivity contribution is 6.01. The van der Waals surface area contributed by atoms with Crippen LogP contribution in [0.4, 0.5) is 10.6 Å². The van der Waals surface area contributed by atoms with Crippen LogP contribution in [-0.2, 0) is 11.8 Å². The summed E-state index contributed by atoms with van der Waals surface area (Å²) in [7, 11) is 1.83. The van der Waals surface area contributed by atoms with E-state index in [9.17, 15) is 9.59 Å². The zero-order valence-corrected chi connectivity index (χ0v) is 17.5. The number of carbonyl (C=O) groups is 2. The summed E-state index contributed by atoms with van der Waals surface area (Å²) in [5.41, 5.74) is 1.69. The Hall–Kier alpha value is -3.82. The first-order chi connectivity index (χ1) is 14.8. The van der Waals surface area contributed by atoms with E-state index >= 15 is 0 Å². The van der Waals surface area contributed by atoms with Gasteiger partial charge in [-0.25, -0.2) is 19.7 Å². The molecule has 31 heavy (non-hydrogen) atoms. The van der Waals surface area contributed by atoms with Gasteiger partial charge in [0, 0.05) is 30.8 Å². The topological polar surface area (TPSA) is 124 Å². The lowest BCUT2D eigenvalue weighted by Crippen LogP contribution is -2.45. The summed E-state index contributed by atoms with van der Waals surface area (Å²) < 4.78 is 7.41. The predicted molar refractivity (Wildman–Crippen MR) is 112 cm³/mol. The van der Waals surface area contributed by atoms with Crippen LogP contribution >= 0.6 is 0 Å². The van der Waals surface area contributed by atoms with E-state index in [-0.39, 0.29) is 17.2 Å². The molecule has 3 aromatic rings. The summed E-state index contributed by atoms with van der Waals surface area (Å²) in [6.45, 7) is 4.21. The Balaban J connectivity index is 1.32. The van der Waals surface area contributed by atoms with Crippen LogP contribution < -0.4 is 15.4 Å². The Kier molecular flexibility index (Phi) is 5.37. The first-order valence-corrected chi connectivity index (χ1v) is 9.84. The number of ether oxygens (including phenoxy) is 1. The third-order valence-electron chi connectivity index (χ3n) is 5.05. The summed E-state index contributed by atoms with van der Waals surface area (Å²) in [5, 5.41) is 9.04. The fourth-order valence-corrected chi connectivity index (χ4v) is 3.56. The number of nitrogens with one attached hydrogen (secondary N) is 2. The molecule has 10 heteroatoms. The number of hydrogen-bond acceptors (Lipinski definition) is 7. The molecule has 1 saturated carbocycles. The molecule has 3 aromatic heterocycles. The van der Waals surface area contributed by atoms with E-state index in [0.29, 0.717) is 23.1 Å². The Labute approximate surface area is 179 Å². The van der Waals surface area contributed by atoms with Crippen molar-refractivity contribution in [2.24, 2.45) is 18.4 Å². The van der Waals surface area contributed by atoms with Crippen molar-refractivity contribution in [2.75, 3.05) is 5.32 Å². The number of imide groups is 1. The number of pyridine rings is 1. The number of nitrogens with zero attached hydrogens (tertiary/aromatic N) is 5. The van der Waals surface area contributed by atoms with E-state index in [0.717, 1.165) is 18.4 Å². The molecule has 1 aliphatic rings. The number of amides is 3. The van der Waals surface area contributed by atoms with Gasteiger partial charge in [-0.15, -0.1) is 0 Å². The first kappa shape index (κ1) is 20.5. The molecule has 2 N–H and O–H groups in total. The molecule has 160 valence electrons. The van der Waals surface area contributed by atoms with Crippen molar-refractivity contribution in [3.8, 4) is 22.9 Å². The quantitative estimate of drug-likeness (QED) is 0.648. The predicted octanol–water partition coefficient (Wildman–Crippen LogP) is 3.15. The number of hydrogen-bond donors (Lipinski definition) is 2. The molecule has 0 aliphatic heterocycles. The van der Waals surface area contributed by atoms with Gasteiger partial charge in [0.2, 0.25) is 11.8 Å². The number of aromatic nitrogens is 5. The molecule has 0 bridgehead atoms. The molecule has 0 aromatic carbocycles. The molecule has 1 aliphatic carbocycles. The van der Waals surface area contributed by atoms with Gasteiger partial charge in [-0.3, -0.25) is 20.1 Å². The minimum Gasteiger partial charge on any atom is -0.437 e. The fraction of sp³-hybridized carbons (Fsp3) is 0.333. The number of anilines is 1. The van der Waals surface area contributed by atoms with Crippen molar-refractivity contribution in [2.45, 2.75) is 26.7 Å². The van der Waals surface area contributed by atoms with Crippen molar-refractivity contribution in [3.63, 3.8) is 0 Å². The Morgan fingerprint density at radius 1 is 1.16 bits per heavy atom. The monoisotopic (exact) mass is 421 g/mol. The normalized spacial score (nSPS) is 15.1. The van der Waals surface area contributed by atoms with Crippen molar-refractivity contribution < 1.29 is 14.3 Å². The zero-order valence-electron chi connectivity index (χ0n) is 17.5. The van der Waals surface area contributed by atoms with Gasteiger partial charge in [-0.2, -0.15) is 5.10 Å². The molecular formula is C21H23N7O3. The van der Waals surface area contributed by atoms with Crippen LogP contribution in [0.15, 0.2) is 43.1 Å². The maximum atomic E-state index is 12.1. The molecule has 3 amide bonds. The van der Waals surface area contributed by atoms with Gasteiger partial charge in [-0.05, 0) is 30.4 Å². The molecule has 0 spiro atoms. The number of carbonyl (C=O) groups excluding carboxylic acids is 2. The van der Waals surface area contributed by atoms with Crippen LogP contribution in [-0.4, -0.2) is 36.7 Å². The summed E-state index contributed by atoms with van der Waals surface area (Å²) >= 11 is 0. The van der Waals surface area contributed by atoms with Crippen molar-refractivity contribution in [3.05, 3.63) is 43.1 Å². The molecule has 0 unspecified atom stereocenters. The van der Waals surface area contributed by atoms with E-state index in [2.05, 4.69) is 44.5 Å². The maximum absolute atomic E-state index is 12.1. The summed E-state index contributed by atoms with van der Waals surface area (Å²) in [6.07, 6.45) is 7.97. The molecule has 10 nitrogen and oxygen atoms in total. The average molecular weight is 421 g/mol. The van der Waals surface area contributed by atoms with E-state index in [1.165, 1.54) is 12.5 Å². The smallest absolute Gasteiger partial charge is 0.327 e. The standard InChI is InChI=1S/C21H23N7O3/c1-21(2)7-13(8-21)19(29)27-20(30)26-17-5-4-15(10-22-17)31-18-6-16(23-12-24-18)14-9-25-28(3)11-14/h4-6,9-13H,7-8H2,1-3H3,(H2,22,26,27,29,30). The van der Waals surface area contributed by atoms with Gasteiger partial charge in [0.25, 0.3) is 0 Å². The van der Waals surface area contributed by atoms with Crippen LogP contribution in [0.25, 0.3) is 11.3 Å². The molecule has 4 rings (SSSR count). The Morgan fingerprint density at radius 3 is 2.61 bits per heavy atom. The van der Waals surface area contributed by atoms with Crippen LogP contribution in [0.2, 0.25) is 0 Å². The van der Waals surface area contributed by atoms with Crippen LogP contribution in [0.3, 0.4) is 0 Å². The molecule has 1 fully saturated rings. The number of aryl methyl sites for hydroxylation is 1. The molecular weight excluding hydrogens is 398 g/mol. The third-order valence-corrected chi connectivity index (χ3v) is 5.05. The Bertz CT molecular complexity index is 1100. The molecule has 3 heterocycles. The minimum absolute atomic E-state index is 0.117. The van der Waals surface area contributed by atoms with Crippen LogP contribution in [0.1, 0.15) is 26.7 Å². The molecule has 0 radical (unpaired) electrons. The first-order valence-electron chi connectivity index (χ1n) is 9.84. The highest BCUT2D eigenvalue weighted by Crippen LogP contribution is 2.44. The van der Waals surface area contributed by atoms with E-state index in [1.54, 1.807) is 29.1 Å². The van der Waals surface area contributed by atoms with Gasteiger partial charge in [0.1, 0.15) is 17.9 Å². The van der Waals surface area contributed by atoms with Crippen molar-refractivity contribution in [1.82, 2.24) is 30.0 Å². The van der Waals surface area contributed by atoms with Gasteiger partial charge in [0.15, 0.2) is 0 Å². The van der Waals surface area contributed by atoms with Gasteiger partial charge >= 0.3 is 6.03 Å². The number of urea groups is 1. The van der Waals surface area contributed by atoms with Crippen molar-refractivity contribution in [1.29, 1.82) is 0 Å². The summed E-state index contributed by atoms with van der Waals surface area (Å²) in [4.78, 5) is 36.6. The second kappa shape index (κ2) is 8.13. The largest absolute Gasteiger partial charge is 0.437 e. The second-order valence-electron chi connectivity index (χ2n) is 8.34. The summed E-state index contributed by atoms with van der Waals surface area (Å²) in [5.74, 6) is 0.710. The lowest BCUT2D eigenvalue weighted by molar-refractivity contribution is -0.130. The van der Waals surface area contributed by atoms with E-state index in [1.807, 2.05) is 13.2 Å². The fourth-order valence-electron chi connectivity index (χ4n) is 3.56. The Morgan fingerprint density at radius 2 is 1.97 bits per heavy atom. The minimum atomic E-state index is -0.604. The molecule has 0 atom stereocenters. The van der Waals surface area contributed by atoms with Gasteiger partial charge < -0.3 is 4.74 Å². The van der Waals surface area contributed by atoms with E-state index < -0.39 is 6.03 Å². The van der Waals surface area contributed by atoms with Gasteiger partial charge in [0.05, 0.1) is 18.1 Å². The van der Waals surface area contributed by atoms with E-state index in [4.69, 9.17) is 4.74 Å². The highest BCUT2D eigenvalue weighted by Gasteiger charge is 2.40. The molecule has 0 saturated heterocycles. The van der Waals surface area contributed by atoms with Crippen molar-refractivity contribution >= 4 is 17.8 Å². The summed E-state index contributed by atoms with van der Waals surface area (Å²) in [6, 6.07) is 4.32. The maximum Gasteiger partial charge on any atom is 0.327 e. The lowest BCUT2D eigenvalue weighted by Gasteiger charge is -2.41. The number of rotatable bonds is 5. The third kappa shape index (κ3) is 5.03. The SMILES string of the molecule is Cn1cc(-c2cc(Oc3ccc(NC(=O)NC(=O)C4CC(C)(C)C4)nc3)ncn2)cn1. The zero-order chi connectivity index (χ0) is 22.0. The lowest BCUT2D eigenvalue weighted by atomic mass is 9.64. The average Bonchev–Trinajstić information content (AvgIpc) is 3.14. The highest BCUT2D eigenvalue weighted by atomic mass is 16.5. The van der Waals surface area contributed by atoms with Gasteiger partial charge in [-0.1, -0.05) is 13.8 Å². The van der Waals surface area contributed by atoms with Crippen LogP contribution in [0.5, 0.6) is 11.6 Å². The second-order valence-corrected chi connectivity index (χ2v) is 8.34. The van der Waals surface area contributed by atoms with Crippen LogP contribution in [0, 0.1) is 11.3 Å².